The van der Waals surface area contributed by atoms with Crippen molar-refractivity contribution in [1.82, 2.24) is 15.1 Å². The quantitative estimate of drug-likeness (QED) is 0.683. The molecule has 32 heavy (non-hydrogen) atoms. The van der Waals surface area contributed by atoms with Crippen LogP contribution >= 0.6 is 23.2 Å². The second kappa shape index (κ2) is 10.9. The average Bonchev–Trinajstić information content (AvgIpc) is 2.80. The second-order valence-corrected chi connectivity index (χ2v) is 10.2. The molecule has 2 atom stereocenters. The highest BCUT2D eigenvalue weighted by atomic mass is 35.5. The van der Waals surface area contributed by atoms with E-state index >= 15 is 0 Å². The minimum Gasteiger partial charge on any atom is -0.353 e. The van der Waals surface area contributed by atoms with E-state index < -0.39 is 0 Å². The van der Waals surface area contributed by atoms with E-state index in [2.05, 4.69) is 19.2 Å². The number of benzene rings is 1. The van der Waals surface area contributed by atoms with Gasteiger partial charge in [0.2, 0.25) is 11.8 Å². The second-order valence-electron chi connectivity index (χ2n) is 9.36. The van der Waals surface area contributed by atoms with E-state index in [1.807, 2.05) is 11.8 Å². The monoisotopic (exact) mass is 481 g/mol. The fourth-order valence-electron chi connectivity index (χ4n) is 4.30. The van der Waals surface area contributed by atoms with E-state index in [1.54, 1.807) is 23.1 Å². The minimum atomic E-state index is -0.207. The van der Waals surface area contributed by atoms with E-state index in [0.29, 0.717) is 60.5 Å². The highest BCUT2D eigenvalue weighted by Gasteiger charge is 2.34. The van der Waals surface area contributed by atoms with Gasteiger partial charge in [-0.15, -0.1) is 0 Å². The molecule has 2 heterocycles. The maximum atomic E-state index is 13.1. The summed E-state index contributed by atoms with van der Waals surface area (Å²) < 4.78 is 0. The number of nitrogens with zero attached hydrogens (tertiary/aromatic N) is 2. The van der Waals surface area contributed by atoms with Crippen LogP contribution in [0.25, 0.3) is 0 Å². The van der Waals surface area contributed by atoms with E-state index in [1.165, 1.54) is 0 Å². The van der Waals surface area contributed by atoms with Crippen molar-refractivity contribution < 1.29 is 14.4 Å². The summed E-state index contributed by atoms with van der Waals surface area (Å²) in [4.78, 5) is 42.2. The highest BCUT2D eigenvalue weighted by molar-refractivity contribution is 6.42. The largest absolute Gasteiger partial charge is 0.353 e. The molecule has 2 aliphatic rings. The topological polar surface area (TPSA) is 69.7 Å². The van der Waals surface area contributed by atoms with Crippen molar-refractivity contribution in [2.45, 2.75) is 52.5 Å². The SMILES string of the molecule is CC(C)C(C)NC(=O)C1CCN(C(=O)C2CCCN(C(=O)c3ccc(Cl)c(Cl)c3)C2)CC1. The summed E-state index contributed by atoms with van der Waals surface area (Å²) in [6.45, 7) is 8.41. The van der Waals surface area contributed by atoms with Crippen molar-refractivity contribution in [3.8, 4) is 0 Å². The Bertz CT molecular complexity index is 853. The molecule has 1 aromatic rings. The van der Waals surface area contributed by atoms with Gasteiger partial charge >= 0.3 is 0 Å². The average molecular weight is 482 g/mol. The first-order valence-electron chi connectivity index (χ1n) is 11.5. The summed E-state index contributed by atoms with van der Waals surface area (Å²) in [5, 5.41) is 3.85. The zero-order chi connectivity index (χ0) is 23.4. The Morgan fingerprint density at radius 1 is 0.938 bits per heavy atom. The van der Waals surface area contributed by atoms with Crippen molar-refractivity contribution in [3.05, 3.63) is 33.8 Å². The molecule has 3 amide bonds. The molecule has 2 fully saturated rings. The predicted molar refractivity (Wildman–Crippen MR) is 127 cm³/mol. The Balaban J connectivity index is 1.54. The van der Waals surface area contributed by atoms with Crippen LogP contribution in [-0.2, 0) is 9.59 Å². The Morgan fingerprint density at radius 2 is 1.62 bits per heavy atom. The Morgan fingerprint density at radius 3 is 2.25 bits per heavy atom. The lowest BCUT2D eigenvalue weighted by Gasteiger charge is -2.38. The number of hydrogen-bond acceptors (Lipinski definition) is 3. The van der Waals surface area contributed by atoms with Gasteiger partial charge in [-0.25, -0.2) is 0 Å². The first-order valence-corrected chi connectivity index (χ1v) is 12.3. The van der Waals surface area contributed by atoms with Crippen molar-refractivity contribution >= 4 is 40.9 Å². The number of carbonyl (C=O) groups excluding carboxylic acids is 3. The molecule has 8 heteroatoms. The molecule has 0 radical (unpaired) electrons. The number of rotatable bonds is 5. The maximum absolute atomic E-state index is 13.1. The summed E-state index contributed by atoms with van der Waals surface area (Å²) in [6, 6.07) is 5.00. The molecule has 1 aromatic carbocycles. The summed E-state index contributed by atoms with van der Waals surface area (Å²) in [7, 11) is 0. The third-order valence-electron chi connectivity index (χ3n) is 6.77. The van der Waals surface area contributed by atoms with Crippen molar-refractivity contribution in [1.29, 1.82) is 0 Å². The van der Waals surface area contributed by atoms with Crippen LogP contribution in [0.5, 0.6) is 0 Å². The van der Waals surface area contributed by atoms with Gasteiger partial charge in [0.1, 0.15) is 0 Å². The van der Waals surface area contributed by atoms with E-state index in [9.17, 15) is 14.4 Å². The molecule has 2 unspecified atom stereocenters. The minimum absolute atomic E-state index is 0.0423. The van der Waals surface area contributed by atoms with Crippen molar-refractivity contribution in [2.24, 2.45) is 17.8 Å². The molecule has 6 nitrogen and oxygen atoms in total. The lowest BCUT2D eigenvalue weighted by atomic mass is 9.91. The van der Waals surface area contributed by atoms with Crippen molar-refractivity contribution in [2.75, 3.05) is 26.2 Å². The molecule has 2 aliphatic heterocycles. The third kappa shape index (κ3) is 5.96. The molecule has 0 spiro atoms. The highest BCUT2D eigenvalue weighted by Crippen LogP contribution is 2.27. The van der Waals surface area contributed by atoms with Gasteiger partial charge in [0, 0.05) is 43.7 Å². The molecular weight excluding hydrogens is 449 g/mol. The number of carbonyl (C=O) groups is 3. The van der Waals surface area contributed by atoms with E-state index in [-0.39, 0.29) is 35.6 Å². The smallest absolute Gasteiger partial charge is 0.253 e. The van der Waals surface area contributed by atoms with Gasteiger partial charge in [-0.05, 0) is 56.7 Å². The summed E-state index contributed by atoms with van der Waals surface area (Å²) in [5.74, 6) is 0.193. The van der Waals surface area contributed by atoms with Gasteiger partial charge in [0.25, 0.3) is 5.91 Å². The Hall–Kier alpha value is -1.79. The van der Waals surface area contributed by atoms with Crippen LogP contribution < -0.4 is 5.32 Å². The van der Waals surface area contributed by atoms with Gasteiger partial charge in [-0.2, -0.15) is 0 Å². The fraction of sp³-hybridized carbons (Fsp3) is 0.625. The predicted octanol–water partition coefficient (Wildman–Crippen LogP) is 4.24. The normalized spacial score (nSPS) is 20.9. The van der Waals surface area contributed by atoms with Crippen LogP contribution in [0.3, 0.4) is 0 Å². The summed E-state index contributed by atoms with van der Waals surface area (Å²) >= 11 is 12.0. The molecule has 0 aliphatic carbocycles. The Kier molecular flexibility index (Phi) is 8.45. The van der Waals surface area contributed by atoms with Gasteiger partial charge in [-0.1, -0.05) is 37.0 Å². The summed E-state index contributed by atoms with van der Waals surface area (Å²) in [6.07, 6.45) is 2.92. The first-order chi connectivity index (χ1) is 15.2. The molecule has 0 bridgehead atoms. The van der Waals surface area contributed by atoms with Gasteiger partial charge in [-0.3, -0.25) is 14.4 Å². The molecule has 3 rings (SSSR count). The van der Waals surface area contributed by atoms with Crippen molar-refractivity contribution in [3.63, 3.8) is 0 Å². The van der Waals surface area contributed by atoms with Crippen LogP contribution in [0.15, 0.2) is 18.2 Å². The van der Waals surface area contributed by atoms with E-state index in [0.717, 1.165) is 12.8 Å². The number of halogens is 2. The lowest BCUT2D eigenvalue weighted by Crippen LogP contribution is -2.50. The molecule has 176 valence electrons. The number of hydrogen-bond donors (Lipinski definition) is 1. The van der Waals surface area contributed by atoms with Gasteiger partial charge in [0.15, 0.2) is 0 Å². The molecule has 2 saturated heterocycles. The lowest BCUT2D eigenvalue weighted by molar-refractivity contribution is -0.140. The number of nitrogens with one attached hydrogen (secondary N) is 1. The zero-order valence-electron chi connectivity index (χ0n) is 19.1. The van der Waals surface area contributed by atoms with Crippen LogP contribution in [0.1, 0.15) is 56.8 Å². The molecule has 0 aromatic heterocycles. The Labute approximate surface area is 200 Å². The van der Waals surface area contributed by atoms with Gasteiger partial charge < -0.3 is 15.1 Å². The van der Waals surface area contributed by atoms with Gasteiger partial charge in [0.05, 0.1) is 16.0 Å². The third-order valence-corrected chi connectivity index (χ3v) is 7.51. The van der Waals surface area contributed by atoms with E-state index in [4.69, 9.17) is 23.2 Å². The van der Waals surface area contributed by atoms with Crippen LogP contribution in [0, 0.1) is 17.8 Å². The number of amides is 3. The zero-order valence-corrected chi connectivity index (χ0v) is 20.6. The fourth-order valence-corrected chi connectivity index (χ4v) is 4.60. The number of likely N-dealkylation sites (tertiary alicyclic amines) is 2. The summed E-state index contributed by atoms with van der Waals surface area (Å²) in [5.41, 5.74) is 0.481. The molecule has 0 saturated carbocycles. The number of piperidine rings is 2. The standard InChI is InChI=1S/C24H33Cl2N3O3/c1-15(2)16(3)27-22(30)17-8-11-28(12-9-17)24(32)19-5-4-10-29(14-19)23(31)18-6-7-20(25)21(26)13-18/h6-7,13,15-17,19H,4-5,8-12,14H2,1-3H3,(H,27,30). The van der Waals surface area contributed by atoms with Crippen LogP contribution in [0.4, 0.5) is 0 Å². The maximum Gasteiger partial charge on any atom is 0.253 e. The molecular formula is C24H33Cl2N3O3. The van der Waals surface area contributed by atoms with Crippen LogP contribution in [0.2, 0.25) is 10.0 Å². The first kappa shape index (κ1) is 24.8. The molecule has 1 N–H and O–H groups in total. The van der Waals surface area contributed by atoms with Crippen LogP contribution in [-0.4, -0.2) is 59.7 Å².